The highest BCUT2D eigenvalue weighted by molar-refractivity contribution is 5.91. The summed E-state index contributed by atoms with van der Waals surface area (Å²) in [5, 5.41) is 0. The van der Waals surface area contributed by atoms with Crippen LogP contribution in [-0.4, -0.2) is 11.6 Å². The molecule has 0 aliphatic carbocycles. The predicted octanol–water partition coefficient (Wildman–Crippen LogP) is 4.08. The molecule has 0 bridgehead atoms. The second-order valence-corrected chi connectivity index (χ2v) is 5.42. The van der Waals surface area contributed by atoms with Crippen LogP contribution in [0.1, 0.15) is 31.1 Å². The second-order valence-electron chi connectivity index (χ2n) is 5.42. The zero-order chi connectivity index (χ0) is 14.6. The number of para-hydroxylation sites is 2. The molecule has 0 amide bonds. The van der Waals surface area contributed by atoms with E-state index in [1.54, 1.807) is 36.4 Å². The quantitative estimate of drug-likeness (QED) is 0.622. The number of esters is 1. The van der Waals surface area contributed by atoms with Crippen LogP contribution in [-0.2, 0) is 0 Å². The summed E-state index contributed by atoms with van der Waals surface area (Å²) in [4.78, 5) is 12.1. The molecule has 0 aliphatic rings. The fourth-order valence-corrected chi connectivity index (χ4v) is 1.68. The minimum Gasteiger partial charge on any atom is -0.484 e. The molecule has 3 nitrogen and oxygen atoms in total. The van der Waals surface area contributed by atoms with Crippen molar-refractivity contribution in [1.29, 1.82) is 0 Å². The van der Waals surface area contributed by atoms with Gasteiger partial charge < -0.3 is 9.47 Å². The van der Waals surface area contributed by atoms with Gasteiger partial charge in [0, 0.05) is 0 Å². The van der Waals surface area contributed by atoms with Crippen molar-refractivity contribution in [2.75, 3.05) is 0 Å². The van der Waals surface area contributed by atoms with E-state index >= 15 is 0 Å². The summed E-state index contributed by atoms with van der Waals surface area (Å²) in [7, 11) is 0. The van der Waals surface area contributed by atoms with Gasteiger partial charge in [-0.2, -0.15) is 0 Å². The van der Waals surface area contributed by atoms with Gasteiger partial charge in [0.05, 0.1) is 5.56 Å². The Morgan fingerprint density at radius 1 is 0.850 bits per heavy atom. The largest absolute Gasteiger partial charge is 0.484 e. The van der Waals surface area contributed by atoms with Crippen LogP contribution < -0.4 is 9.47 Å². The van der Waals surface area contributed by atoms with Gasteiger partial charge in [-0.3, -0.25) is 0 Å². The lowest BCUT2D eigenvalue weighted by atomic mass is 10.2. The van der Waals surface area contributed by atoms with Crippen molar-refractivity contribution in [2.24, 2.45) is 0 Å². The van der Waals surface area contributed by atoms with Gasteiger partial charge in [0.1, 0.15) is 5.60 Å². The van der Waals surface area contributed by atoms with E-state index in [0.29, 0.717) is 17.1 Å². The Bertz CT molecular complexity index is 583. The average molecular weight is 270 g/mol. The Balaban J connectivity index is 2.20. The number of hydrogen-bond acceptors (Lipinski definition) is 3. The summed E-state index contributed by atoms with van der Waals surface area (Å²) in [5.74, 6) is 0.594. The Morgan fingerprint density at radius 3 is 2.00 bits per heavy atom. The van der Waals surface area contributed by atoms with Crippen LogP contribution in [0.4, 0.5) is 0 Å². The molecule has 2 aromatic rings. The standard InChI is InChI=1S/C17H18O3/c1-17(2,3)20-15-12-8-7-11-14(15)19-16(18)13-9-5-4-6-10-13/h4-12H,1-3H3. The third-order valence-corrected chi connectivity index (χ3v) is 2.48. The zero-order valence-electron chi connectivity index (χ0n) is 11.9. The molecule has 2 rings (SSSR count). The first kappa shape index (κ1) is 14.1. The summed E-state index contributed by atoms with van der Waals surface area (Å²) >= 11 is 0. The monoisotopic (exact) mass is 270 g/mol. The number of benzene rings is 2. The molecule has 0 unspecified atom stereocenters. The highest BCUT2D eigenvalue weighted by atomic mass is 16.6. The van der Waals surface area contributed by atoms with Crippen LogP contribution in [0.15, 0.2) is 54.6 Å². The molecule has 0 N–H and O–H groups in total. The van der Waals surface area contributed by atoms with Gasteiger partial charge in [-0.1, -0.05) is 30.3 Å². The highest BCUT2D eigenvalue weighted by Crippen LogP contribution is 2.30. The molecular formula is C17H18O3. The van der Waals surface area contributed by atoms with Crippen molar-refractivity contribution in [1.82, 2.24) is 0 Å². The number of rotatable bonds is 3. The van der Waals surface area contributed by atoms with Gasteiger partial charge in [0.25, 0.3) is 0 Å². The maximum Gasteiger partial charge on any atom is 0.343 e. The third-order valence-electron chi connectivity index (χ3n) is 2.48. The molecule has 104 valence electrons. The van der Waals surface area contributed by atoms with Crippen LogP contribution >= 0.6 is 0 Å². The van der Waals surface area contributed by atoms with E-state index in [1.807, 2.05) is 39.0 Å². The molecule has 0 aliphatic heterocycles. The van der Waals surface area contributed by atoms with E-state index in [2.05, 4.69) is 0 Å². The minimum atomic E-state index is -0.393. The summed E-state index contributed by atoms with van der Waals surface area (Å²) in [6.07, 6.45) is 0. The van der Waals surface area contributed by atoms with Crippen LogP contribution in [0.5, 0.6) is 11.5 Å². The molecule has 20 heavy (non-hydrogen) atoms. The summed E-state index contributed by atoms with van der Waals surface area (Å²) in [5.41, 5.74) is 0.160. The average Bonchev–Trinajstić information content (AvgIpc) is 2.40. The molecule has 0 fully saturated rings. The lowest BCUT2D eigenvalue weighted by Gasteiger charge is -2.22. The van der Waals surface area contributed by atoms with Crippen LogP contribution in [0.25, 0.3) is 0 Å². The number of hydrogen-bond donors (Lipinski definition) is 0. The van der Waals surface area contributed by atoms with E-state index in [-0.39, 0.29) is 5.60 Å². The molecule has 0 aromatic heterocycles. The van der Waals surface area contributed by atoms with Crippen molar-refractivity contribution in [3.05, 3.63) is 60.2 Å². The molecule has 0 spiro atoms. The van der Waals surface area contributed by atoms with E-state index in [0.717, 1.165) is 0 Å². The normalized spacial score (nSPS) is 10.9. The fourth-order valence-electron chi connectivity index (χ4n) is 1.68. The summed E-state index contributed by atoms with van der Waals surface area (Å²) in [6.45, 7) is 5.84. The van der Waals surface area contributed by atoms with Gasteiger partial charge in [0.15, 0.2) is 11.5 Å². The lowest BCUT2D eigenvalue weighted by Crippen LogP contribution is -2.23. The van der Waals surface area contributed by atoms with E-state index in [9.17, 15) is 4.79 Å². The first-order valence-corrected chi connectivity index (χ1v) is 6.51. The van der Waals surface area contributed by atoms with Crippen molar-refractivity contribution in [2.45, 2.75) is 26.4 Å². The van der Waals surface area contributed by atoms with Gasteiger partial charge in [0.2, 0.25) is 0 Å². The van der Waals surface area contributed by atoms with E-state index in [4.69, 9.17) is 9.47 Å². The molecule has 0 radical (unpaired) electrons. The maximum atomic E-state index is 12.1. The number of ether oxygens (including phenoxy) is 2. The second kappa shape index (κ2) is 5.78. The first-order valence-electron chi connectivity index (χ1n) is 6.51. The molecule has 3 heteroatoms. The van der Waals surface area contributed by atoms with Gasteiger partial charge in [-0.25, -0.2) is 4.79 Å². The Kier molecular flexibility index (Phi) is 4.08. The lowest BCUT2D eigenvalue weighted by molar-refractivity contribution is 0.0708. The molecule has 0 saturated carbocycles. The predicted molar refractivity (Wildman–Crippen MR) is 78.2 cm³/mol. The molecule has 2 aromatic carbocycles. The molecule has 0 atom stereocenters. The maximum absolute atomic E-state index is 12.1. The van der Waals surface area contributed by atoms with Gasteiger partial charge in [-0.15, -0.1) is 0 Å². The van der Waals surface area contributed by atoms with Crippen molar-refractivity contribution in [3.63, 3.8) is 0 Å². The Morgan fingerprint density at radius 2 is 1.40 bits per heavy atom. The third kappa shape index (κ3) is 3.85. The minimum absolute atomic E-state index is 0.352. The molecule has 0 saturated heterocycles. The number of carbonyl (C=O) groups excluding carboxylic acids is 1. The smallest absolute Gasteiger partial charge is 0.343 e. The summed E-state index contributed by atoms with van der Waals surface area (Å²) in [6, 6.07) is 16.1. The van der Waals surface area contributed by atoms with Crippen molar-refractivity contribution < 1.29 is 14.3 Å². The van der Waals surface area contributed by atoms with E-state index in [1.165, 1.54) is 0 Å². The topological polar surface area (TPSA) is 35.5 Å². The fraction of sp³-hybridized carbons (Fsp3) is 0.235. The SMILES string of the molecule is CC(C)(C)Oc1ccccc1OC(=O)c1ccccc1. The van der Waals surface area contributed by atoms with E-state index < -0.39 is 5.97 Å². The van der Waals surface area contributed by atoms with Crippen LogP contribution in [0, 0.1) is 0 Å². The zero-order valence-corrected chi connectivity index (χ0v) is 11.9. The first-order chi connectivity index (χ1) is 9.46. The molecular weight excluding hydrogens is 252 g/mol. The Labute approximate surface area is 119 Å². The van der Waals surface area contributed by atoms with Crippen LogP contribution in [0.3, 0.4) is 0 Å². The van der Waals surface area contributed by atoms with Crippen molar-refractivity contribution >= 4 is 5.97 Å². The summed E-state index contributed by atoms with van der Waals surface area (Å²) < 4.78 is 11.2. The Hall–Kier alpha value is -2.29. The number of carbonyl (C=O) groups is 1. The molecule has 0 heterocycles. The highest BCUT2D eigenvalue weighted by Gasteiger charge is 2.17. The van der Waals surface area contributed by atoms with Gasteiger partial charge >= 0.3 is 5.97 Å². The van der Waals surface area contributed by atoms with Crippen molar-refractivity contribution in [3.8, 4) is 11.5 Å². The van der Waals surface area contributed by atoms with Gasteiger partial charge in [-0.05, 0) is 45.0 Å². The van der Waals surface area contributed by atoms with Crippen LogP contribution in [0.2, 0.25) is 0 Å².